The Morgan fingerprint density at radius 2 is 1.51 bits per heavy atom. The first-order valence-electron chi connectivity index (χ1n) is 17.4. The number of carboxylic acid groups (broad SMARTS) is 1. The summed E-state index contributed by atoms with van der Waals surface area (Å²) < 4.78 is 44.7. The molecule has 0 bridgehead atoms. The Balaban J connectivity index is 1.14. The van der Waals surface area contributed by atoms with Gasteiger partial charge in [0.05, 0.1) is 12.2 Å². The van der Waals surface area contributed by atoms with E-state index in [0.717, 1.165) is 65.6 Å². The third-order valence-corrected chi connectivity index (χ3v) is 9.93. The van der Waals surface area contributed by atoms with Gasteiger partial charge in [-0.25, -0.2) is 4.79 Å². The zero-order valence-corrected chi connectivity index (χ0v) is 28.2. The Bertz CT molecular complexity index is 1820. The SMILES string of the molecule is O=C(N[C@@H](Cc1ccc(-c2ccccc2)cc1)C(=O)O)C1Cc2ccc(OCCc3ccc(C(F)(F)F)cc3)cc2CN1C(=O)CC1CCCC1. The highest BCUT2D eigenvalue weighted by Gasteiger charge is 2.37. The van der Waals surface area contributed by atoms with Crippen LogP contribution in [0.15, 0.2) is 97.1 Å². The number of hydrogen-bond acceptors (Lipinski definition) is 4. The summed E-state index contributed by atoms with van der Waals surface area (Å²) >= 11 is 0. The molecule has 4 aromatic carbocycles. The van der Waals surface area contributed by atoms with E-state index in [2.05, 4.69) is 5.32 Å². The largest absolute Gasteiger partial charge is 0.493 e. The molecule has 4 aromatic rings. The molecule has 0 aromatic heterocycles. The number of alkyl halides is 3. The Hall–Kier alpha value is -5.12. The molecule has 1 heterocycles. The molecule has 266 valence electrons. The molecule has 0 radical (unpaired) electrons. The molecule has 2 N–H and O–H groups in total. The van der Waals surface area contributed by atoms with Crippen molar-refractivity contribution in [3.05, 3.63) is 125 Å². The van der Waals surface area contributed by atoms with Gasteiger partial charge in [-0.3, -0.25) is 9.59 Å². The van der Waals surface area contributed by atoms with E-state index in [-0.39, 0.29) is 37.8 Å². The third kappa shape index (κ3) is 9.17. The summed E-state index contributed by atoms with van der Waals surface area (Å²) in [6.07, 6.45) is 0.739. The lowest BCUT2D eigenvalue weighted by atomic mass is 9.91. The molecule has 1 aliphatic heterocycles. The van der Waals surface area contributed by atoms with E-state index in [1.54, 1.807) is 11.0 Å². The normalized spacial score (nSPS) is 16.7. The zero-order valence-electron chi connectivity index (χ0n) is 28.2. The average molecular weight is 699 g/mol. The summed E-state index contributed by atoms with van der Waals surface area (Å²) in [7, 11) is 0. The van der Waals surface area contributed by atoms with Gasteiger partial charge in [-0.15, -0.1) is 0 Å². The van der Waals surface area contributed by atoms with Crippen LogP contribution < -0.4 is 10.1 Å². The van der Waals surface area contributed by atoms with E-state index in [1.807, 2.05) is 66.7 Å². The first kappa shape index (κ1) is 35.7. The first-order valence-corrected chi connectivity index (χ1v) is 17.4. The third-order valence-electron chi connectivity index (χ3n) is 9.93. The van der Waals surface area contributed by atoms with Crippen LogP contribution in [0.3, 0.4) is 0 Å². The average Bonchev–Trinajstić information content (AvgIpc) is 3.64. The molecule has 6 rings (SSSR count). The number of carboxylic acids is 1. The smallest absolute Gasteiger partial charge is 0.416 e. The summed E-state index contributed by atoms with van der Waals surface area (Å²) in [5.74, 6) is -0.993. The number of fused-ring (bicyclic) bond motifs is 1. The Kier molecular flexibility index (Phi) is 11.1. The lowest BCUT2D eigenvalue weighted by Crippen LogP contribution is -2.56. The van der Waals surface area contributed by atoms with Crippen molar-refractivity contribution in [1.82, 2.24) is 10.2 Å². The maximum Gasteiger partial charge on any atom is 0.416 e. The molecule has 0 spiro atoms. The van der Waals surface area contributed by atoms with Crippen molar-refractivity contribution in [2.24, 2.45) is 5.92 Å². The molecule has 0 saturated heterocycles. The van der Waals surface area contributed by atoms with Crippen LogP contribution in [-0.2, 0) is 46.4 Å². The molecule has 2 amide bonds. The topological polar surface area (TPSA) is 95.9 Å². The second-order valence-electron chi connectivity index (χ2n) is 13.5. The number of rotatable bonds is 12. The molecule has 7 nitrogen and oxygen atoms in total. The number of nitrogens with zero attached hydrogens (tertiary/aromatic N) is 1. The van der Waals surface area contributed by atoms with Gasteiger partial charge in [-0.2, -0.15) is 13.2 Å². The fraction of sp³-hybridized carbons (Fsp3) is 0.341. The molecule has 2 atom stereocenters. The van der Waals surface area contributed by atoms with Crippen molar-refractivity contribution in [2.75, 3.05) is 6.61 Å². The second kappa shape index (κ2) is 15.8. The molecule has 1 aliphatic carbocycles. The van der Waals surface area contributed by atoms with Crippen molar-refractivity contribution in [3.8, 4) is 16.9 Å². The van der Waals surface area contributed by atoms with Crippen LogP contribution in [0.2, 0.25) is 0 Å². The zero-order chi connectivity index (χ0) is 36.0. The van der Waals surface area contributed by atoms with Crippen molar-refractivity contribution in [1.29, 1.82) is 0 Å². The van der Waals surface area contributed by atoms with E-state index < -0.39 is 35.7 Å². The predicted molar refractivity (Wildman–Crippen MR) is 187 cm³/mol. The van der Waals surface area contributed by atoms with Gasteiger partial charge in [0.25, 0.3) is 0 Å². The number of nitrogens with one attached hydrogen (secondary N) is 1. The quantitative estimate of drug-likeness (QED) is 0.159. The first-order chi connectivity index (χ1) is 24.5. The molecule has 1 saturated carbocycles. The van der Waals surface area contributed by atoms with Gasteiger partial charge >= 0.3 is 12.1 Å². The molecule has 2 aliphatic rings. The standard InChI is InChI=1S/C41H41F3N2O5/c42-41(43,44)34-17-12-27(13-18-34)20-21-51-35-19-16-32-25-37(46(26-33(32)24-35)38(47)23-28-6-4-5-7-28)39(48)45-36(40(49)50)22-29-10-14-31(15-11-29)30-8-2-1-3-9-30/h1-3,8-19,24,28,36-37H,4-7,20-23,25-26H2,(H,45,48)(H,49,50)/t36-,37?/m0/s1. The highest BCUT2D eigenvalue weighted by atomic mass is 19.4. The van der Waals surface area contributed by atoms with Crippen LogP contribution in [0, 0.1) is 5.92 Å². The van der Waals surface area contributed by atoms with E-state index in [4.69, 9.17) is 4.74 Å². The van der Waals surface area contributed by atoms with Crippen LogP contribution in [0.5, 0.6) is 5.75 Å². The number of carbonyl (C=O) groups excluding carboxylic acids is 2. The van der Waals surface area contributed by atoms with E-state index in [0.29, 0.717) is 24.2 Å². The van der Waals surface area contributed by atoms with Crippen LogP contribution >= 0.6 is 0 Å². The number of carbonyl (C=O) groups is 3. The van der Waals surface area contributed by atoms with Gasteiger partial charge in [-0.05, 0) is 76.4 Å². The van der Waals surface area contributed by atoms with Crippen molar-refractivity contribution < 1.29 is 37.4 Å². The molecular formula is C41H41F3N2O5. The molecule has 1 unspecified atom stereocenters. The summed E-state index contributed by atoms with van der Waals surface area (Å²) in [6.45, 7) is 0.416. The lowest BCUT2D eigenvalue weighted by Gasteiger charge is -2.37. The summed E-state index contributed by atoms with van der Waals surface area (Å²) in [5.41, 5.74) is 4.51. The minimum atomic E-state index is -4.39. The molecular weight excluding hydrogens is 657 g/mol. The van der Waals surface area contributed by atoms with Crippen molar-refractivity contribution in [2.45, 2.75) is 76.2 Å². The van der Waals surface area contributed by atoms with Crippen LogP contribution in [-0.4, -0.2) is 46.5 Å². The molecule has 1 fully saturated rings. The second-order valence-corrected chi connectivity index (χ2v) is 13.5. The fourth-order valence-corrected chi connectivity index (χ4v) is 7.04. The van der Waals surface area contributed by atoms with Gasteiger partial charge in [0, 0.05) is 32.2 Å². The number of hydrogen-bond donors (Lipinski definition) is 2. The monoisotopic (exact) mass is 698 g/mol. The van der Waals surface area contributed by atoms with E-state index in [1.165, 1.54) is 12.1 Å². The summed E-state index contributed by atoms with van der Waals surface area (Å²) in [4.78, 5) is 41.6. The number of amides is 2. The maximum absolute atomic E-state index is 13.9. The summed E-state index contributed by atoms with van der Waals surface area (Å²) in [5, 5.41) is 12.8. The number of benzene rings is 4. The highest BCUT2D eigenvalue weighted by Crippen LogP contribution is 2.33. The lowest BCUT2D eigenvalue weighted by molar-refractivity contribution is -0.145. The van der Waals surface area contributed by atoms with E-state index >= 15 is 0 Å². The van der Waals surface area contributed by atoms with Crippen LogP contribution in [0.25, 0.3) is 11.1 Å². The fourth-order valence-electron chi connectivity index (χ4n) is 7.04. The van der Waals surface area contributed by atoms with Crippen LogP contribution in [0.1, 0.15) is 59.9 Å². The molecule has 10 heteroatoms. The Morgan fingerprint density at radius 1 is 0.843 bits per heavy atom. The summed E-state index contributed by atoms with van der Waals surface area (Å²) in [6, 6.07) is 25.8. The number of ether oxygens (including phenoxy) is 1. The van der Waals surface area contributed by atoms with Gasteiger partial charge in [0.2, 0.25) is 11.8 Å². The highest BCUT2D eigenvalue weighted by molar-refractivity contribution is 5.91. The predicted octanol–water partition coefficient (Wildman–Crippen LogP) is 7.64. The van der Waals surface area contributed by atoms with Gasteiger partial charge < -0.3 is 20.1 Å². The van der Waals surface area contributed by atoms with Gasteiger partial charge in [-0.1, -0.05) is 85.6 Å². The van der Waals surface area contributed by atoms with Crippen LogP contribution in [0.4, 0.5) is 13.2 Å². The molecule has 51 heavy (non-hydrogen) atoms. The van der Waals surface area contributed by atoms with Gasteiger partial charge in [0.1, 0.15) is 17.8 Å². The number of halogens is 3. The minimum absolute atomic E-state index is 0.0860. The Labute approximate surface area is 295 Å². The maximum atomic E-state index is 13.9. The number of aliphatic carboxylic acids is 1. The van der Waals surface area contributed by atoms with E-state index in [9.17, 15) is 32.7 Å². The minimum Gasteiger partial charge on any atom is -0.493 e. The van der Waals surface area contributed by atoms with Crippen molar-refractivity contribution >= 4 is 17.8 Å². The Morgan fingerprint density at radius 3 is 2.18 bits per heavy atom. The van der Waals surface area contributed by atoms with Crippen molar-refractivity contribution in [3.63, 3.8) is 0 Å². The van der Waals surface area contributed by atoms with Gasteiger partial charge in [0.15, 0.2) is 0 Å².